The first-order valence-corrected chi connectivity index (χ1v) is 7.20. The molecule has 1 aromatic heterocycles. The number of aromatic nitrogens is 1. The summed E-state index contributed by atoms with van der Waals surface area (Å²) in [5.74, 6) is 0. The second-order valence-corrected chi connectivity index (χ2v) is 5.27. The third kappa shape index (κ3) is 2.06. The number of benzene rings is 2. The molecule has 3 aromatic carbocycles. The van der Waals surface area contributed by atoms with E-state index in [9.17, 15) is 4.79 Å². The van der Waals surface area contributed by atoms with Crippen LogP contribution in [0.2, 0.25) is 0 Å². The minimum atomic E-state index is 0.0286. The van der Waals surface area contributed by atoms with Gasteiger partial charge in [-0.3, -0.25) is 9.78 Å². The van der Waals surface area contributed by atoms with Gasteiger partial charge in [-0.05, 0) is 23.1 Å². The van der Waals surface area contributed by atoms with Crippen LogP contribution in [0.3, 0.4) is 0 Å². The molecule has 0 radical (unpaired) electrons. The van der Waals surface area contributed by atoms with Crippen molar-refractivity contribution < 1.29 is 0 Å². The van der Waals surface area contributed by atoms with Crippen LogP contribution in [0.4, 0.5) is 0 Å². The van der Waals surface area contributed by atoms with E-state index in [1.165, 1.54) is 0 Å². The third-order valence-corrected chi connectivity index (χ3v) is 3.90. The highest BCUT2D eigenvalue weighted by Crippen LogP contribution is 2.21. The van der Waals surface area contributed by atoms with Crippen molar-refractivity contribution in [3.05, 3.63) is 89.2 Å². The SMILES string of the molecule is O=c1c2ccccc2ccc2ncc(-c3ccccc3)cc12. The smallest absolute Gasteiger partial charge is 0.195 e. The molecule has 0 fully saturated rings. The van der Waals surface area contributed by atoms with Crippen molar-refractivity contribution in [2.24, 2.45) is 0 Å². The lowest BCUT2D eigenvalue weighted by Crippen LogP contribution is -1.99. The Hall–Kier alpha value is -3.00. The molecule has 0 amide bonds. The van der Waals surface area contributed by atoms with Crippen molar-refractivity contribution in [1.29, 1.82) is 0 Å². The molecular weight excluding hydrogens is 270 g/mol. The Bertz CT molecular complexity index is 1040. The molecule has 4 aromatic rings. The summed E-state index contributed by atoms with van der Waals surface area (Å²) in [5.41, 5.74) is 2.77. The van der Waals surface area contributed by atoms with Crippen LogP contribution in [-0.4, -0.2) is 4.98 Å². The molecule has 0 aliphatic heterocycles. The Labute approximate surface area is 127 Å². The van der Waals surface area contributed by atoms with Gasteiger partial charge in [0.1, 0.15) is 0 Å². The maximum Gasteiger partial charge on any atom is 0.195 e. The monoisotopic (exact) mass is 283 g/mol. The summed E-state index contributed by atoms with van der Waals surface area (Å²) >= 11 is 0. The van der Waals surface area contributed by atoms with E-state index in [4.69, 9.17) is 0 Å². The van der Waals surface area contributed by atoms with Crippen LogP contribution >= 0.6 is 0 Å². The highest BCUT2D eigenvalue weighted by Gasteiger charge is 2.05. The zero-order chi connectivity index (χ0) is 14.9. The van der Waals surface area contributed by atoms with Gasteiger partial charge < -0.3 is 0 Å². The minimum absolute atomic E-state index is 0.0286. The lowest BCUT2D eigenvalue weighted by atomic mass is 10.1. The number of rotatable bonds is 1. The Balaban J connectivity index is 2.10. The molecule has 0 aliphatic rings. The molecule has 0 saturated carbocycles. The van der Waals surface area contributed by atoms with Gasteiger partial charge >= 0.3 is 0 Å². The number of hydrogen-bond acceptors (Lipinski definition) is 2. The minimum Gasteiger partial charge on any atom is -0.289 e. The molecule has 0 spiro atoms. The van der Waals surface area contributed by atoms with Crippen molar-refractivity contribution in [2.45, 2.75) is 0 Å². The van der Waals surface area contributed by atoms with Crippen LogP contribution in [0.25, 0.3) is 32.8 Å². The zero-order valence-electron chi connectivity index (χ0n) is 11.9. The molecule has 0 unspecified atom stereocenters. The van der Waals surface area contributed by atoms with Gasteiger partial charge in [-0.25, -0.2) is 0 Å². The summed E-state index contributed by atoms with van der Waals surface area (Å²) in [4.78, 5) is 17.3. The fourth-order valence-corrected chi connectivity index (χ4v) is 2.74. The molecule has 2 heteroatoms. The maximum absolute atomic E-state index is 12.8. The van der Waals surface area contributed by atoms with Crippen molar-refractivity contribution in [3.63, 3.8) is 0 Å². The van der Waals surface area contributed by atoms with Gasteiger partial charge in [-0.2, -0.15) is 0 Å². The molecule has 0 atom stereocenters. The molecule has 104 valence electrons. The van der Waals surface area contributed by atoms with Gasteiger partial charge in [0, 0.05) is 22.5 Å². The average molecular weight is 283 g/mol. The fraction of sp³-hybridized carbons (Fsp3) is 0. The summed E-state index contributed by atoms with van der Waals surface area (Å²) in [6.07, 6.45) is 1.82. The molecule has 4 rings (SSSR count). The first kappa shape index (κ1) is 12.7. The normalized spacial score (nSPS) is 10.9. The predicted molar refractivity (Wildman–Crippen MR) is 91.0 cm³/mol. The average Bonchev–Trinajstić information content (AvgIpc) is 2.73. The van der Waals surface area contributed by atoms with Crippen LogP contribution in [-0.2, 0) is 0 Å². The maximum atomic E-state index is 12.8. The summed E-state index contributed by atoms with van der Waals surface area (Å²) in [6, 6.07) is 23.4. The summed E-state index contributed by atoms with van der Waals surface area (Å²) in [7, 11) is 0. The summed E-state index contributed by atoms with van der Waals surface area (Å²) in [6.45, 7) is 0. The van der Waals surface area contributed by atoms with Crippen molar-refractivity contribution in [1.82, 2.24) is 4.98 Å². The van der Waals surface area contributed by atoms with Crippen LogP contribution in [0.15, 0.2) is 83.8 Å². The van der Waals surface area contributed by atoms with Crippen molar-refractivity contribution >= 4 is 21.7 Å². The highest BCUT2D eigenvalue weighted by atomic mass is 16.1. The van der Waals surface area contributed by atoms with E-state index < -0.39 is 0 Å². The predicted octanol–water partition coefficient (Wildman–Crippen LogP) is 4.42. The van der Waals surface area contributed by atoms with E-state index in [1.54, 1.807) is 0 Å². The second kappa shape index (κ2) is 5.08. The Morgan fingerprint density at radius 1 is 0.682 bits per heavy atom. The van der Waals surface area contributed by atoms with Gasteiger partial charge in [-0.1, -0.05) is 60.7 Å². The van der Waals surface area contributed by atoms with E-state index in [2.05, 4.69) is 4.98 Å². The first-order chi connectivity index (χ1) is 10.8. The summed E-state index contributed by atoms with van der Waals surface area (Å²) < 4.78 is 0. The number of fused-ring (bicyclic) bond motifs is 2. The molecule has 2 nitrogen and oxygen atoms in total. The molecule has 0 N–H and O–H groups in total. The molecule has 0 saturated heterocycles. The van der Waals surface area contributed by atoms with E-state index in [-0.39, 0.29) is 5.43 Å². The number of pyridine rings is 1. The number of hydrogen-bond donors (Lipinski definition) is 0. The lowest BCUT2D eigenvalue weighted by molar-refractivity contribution is 1.41. The van der Waals surface area contributed by atoms with Crippen LogP contribution in [0, 0.1) is 0 Å². The molecule has 22 heavy (non-hydrogen) atoms. The molecule has 0 bridgehead atoms. The van der Waals surface area contributed by atoms with Gasteiger partial charge in [0.2, 0.25) is 0 Å². The second-order valence-electron chi connectivity index (χ2n) is 5.27. The van der Waals surface area contributed by atoms with E-state index in [1.807, 2.05) is 79.0 Å². The third-order valence-electron chi connectivity index (χ3n) is 3.90. The van der Waals surface area contributed by atoms with Crippen molar-refractivity contribution in [3.8, 4) is 11.1 Å². The van der Waals surface area contributed by atoms with Gasteiger partial charge in [0.15, 0.2) is 5.43 Å². The van der Waals surface area contributed by atoms with Gasteiger partial charge in [-0.15, -0.1) is 0 Å². The van der Waals surface area contributed by atoms with Crippen molar-refractivity contribution in [2.75, 3.05) is 0 Å². The Morgan fingerprint density at radius 3 is 2.32 bits per heavy atom. The van der Waals surface area contributed by atoms with Crippen LogP contribution in [0.1, 0.15) is 0 Å². The quantitative estimate of drug-likeness (QED) is 0.518. The van der Waals surface area contributed by atoms with E-state index in [0.29, 0.717) is 5.39 Å². The van der Waals surface area contributed by atoms with Crippen LogP contribution in [0.5, 0.6) is 0 Å². The van der Waals surface area contributed by atoms with Gasteiger partial charge in [0.05, 0.1) is 5.52 Å². The highest BCUT2D eigenvalue weighted by molar-refractivity contribution is 5.93. The molecule has 0 aliphatic carbocycles. The molecular formula is C20H13NO. The lowest BCUT2D eigenvalue weighted by Gasteiger charge is -2.01. The Kier molecular flexibility index (Phi) is 2.94. The first-order valence-electron chi connectivity index (χ1n) is 7.20. The molecule has 1 heterocycles. The zero-order valence-corrected chi connectivity index (χ0v) is 11.9. The Morgan fingerprint density at radius 2 is 1.45 bits per heavy atom. The van der Waals surface area contributed by atoms with E-state index in [0.717, 1.165) is 27.4 Å². The summed E-state index contributed by atoms with van der Waals surface area (Å²) in [5, 5.41) is 2.32. The van der Waals surface area contributed by atoms with Gasteiger partial charge in [0.25, 0.3) is 0 Å². The fourth-order valence-electron chi connectivity index (χ4n) is 2.74. The van der Waals surface area contributed by atoms with E-state index >= 15 is 0 Å². The standard InChI is InChI=1S/C20H13NO/c22-20-17-9-5-4-8-15(17)10-11-19-18(20)12-16(13-21-19)14-6-2-1-3-7-14/h1-13H. The number of nitrogens with zero attached hydrogens (tertiary/aromatic N) is 1. The largest absolute Gasteiger partial charge is 0.289 e. The van der Waals surface area contributed by atoms with Crippen LogP contribution < -0.4 is 5.43 Å². The topological polar surface area (TPSA) is 30.0 Å².